The molecule has 0 atom stereocenters. The van der Waals surface area contributed by atoms with Gasteiger partial charge >= 0.3 is 0 Å². The molecular formula is C20H20N4O3. The van der Waals surface area contributed by atoms with E-state index in [9.17, 15) is 14.9 Å². The van der Waals surface area contributed by atoms with Gasteiger partial charge in [-0.15, -0.1) is 0 Å². The number of non-ortho nitro benzene ring substituents is 1. The van der Waals surface area contributed by atoms with Gasteiger partial charge in [-0.1, -0.05) is 12.1 Å². The second-order valence-corrected chi connectivity index (χ2v) is 6.36. The Hall–Kier alpha value is -3.48. The van der Waals surface area contributed by atoms with E-state index in [4.69, 9.17) is 0 Å². The van der Waals surface area contributed by atoms with Crippen molar-refractivity contribution in [1.82, 2.24) is 9.78 Å². The summed E-state index contributed by atoms with van der Waals surface area (Å²) >= 11 is 0. The minimum atomic E-state index is -0.471. The first kappa shape index (κ1) is 18.3. The van der Waals surface area contributed by atoms with Crippen molar-refractivity contribution in [3.8, 4) is 5.69 Å². The first-order valence-corrected chi connectivity index (χ1v) is 8.59. The smallest absolute Gasteiger partial charge is 0.269 e. The number of hydrogen-bond donors (Lipinski definition) is 1. The molecule has 0 spiro atoms. The third-order valence-electron chi connectivity index (χ3n) is 4.19. The number of aryl methyl sites for hydroxylation is 3. The molecule has 3 aromatic rings. The molecule has 0 radical (unpaired) electrons. The maximum atomic E-state index is 12.1. The molecular weight excluding hydrogens is 344 g/mol. The van der Waals surface area contributed by atoms with Crippen LogP contribution in [0.2, 0.25) is 0 Å². The predicted molar refractivity (Wildman–Crippen MR) is 103 cm³/mol. The lowest BCUT2D eigenvalue weighted by atomic mass is 10.1. The second kappa shape index (κ2) is 7.82. The summed E-state index contributed by atoms with van der Waals surface area (Å²) in [6, 6.07) is 15.8. The number of nitro groups is 1. The fraction of sp³-hybridized carbons (Fsp3) is 0.200. The van der Waals surface area contributed by atoms with Gasteiger partial charge in [-0.05, 0) is 56.2 Å². The Morgan fingerprint density at radius 1 is 1.11 bits per heavy atom. The molecule has 0 aliphatic heterocycles. The summed E-state index contributed by atoms with van der Waals surface area (Å²) in [6.45, 7) is 3.97. The van der Waals surface area contributed by atoms with E-state index in [-0.39, 0.29) is 11.6 Å². The largest absolute Gasteiger partial charge is 0.326 e. The lowest BCUT2D eigenvalue weighted by Crippen LogP contribution is -2.12. The number of nitrogens with zero attached hydrogens (tertiary/aromatic N) is 3. The molecule has 0 fully saturated rings. The Labute approximate surface area is 156 Å². The van der Waals surface area contributed by atoms with Gasteiger partial charge < -0.3 is 5.32 Å². The normalized spacial score (nSPS) is 10.6. The van der Waals surface area contributed by atoms with Crippen LogP contribution in [-0.4, -0.2) is 20.6 Å². The zero-order chi connectivity index (χ0) is 19.4. The standard InChI is InChI=1S/C20H20N4O3/c1-14-13-15(2)23(22-14)18-8-3-16(4-9-18)5-12-20(25)21-17-6-10-19(11-7-17)24(26)27/h3-4,6-11,13H,5,12H2,1-2H3,(H,21,25). The Bertz CT molecular complexity index is 960. The average Bonchev–Trinajstić information content (AvgIpc) is 2.99. The molecule has 1 amide bonds. The quantitative estimate of drug-likeness (QED) is 0.529. The molecule has 7 heteroatoms. The number of rotatable bonds is 6. The van der Waals surface area contributed by atoms with E-state index in [1.54, 1.807) is 0 Å². The van der Waals surface area contributed by atoms with E-state index in [1.807, 2.05) is 48.9 Å². The number of amides is 1. The van der Waals surface area contributed by atoms with Crippen molar-refractivity contribution >= 4 is 17.3 Å². The molecule has 0 aliphatic carbocycles. The summed E-state index contributed by atoms with van der Waals surface area (Å²) in [6.07, 6.45) is 0.937. The topological polar surface area (TPSA) is 90.1 Å². The van der Waals surface area contributed by atoms with Crippen LogP contribution in [0.5, 0.6) is 0 Å². The van der Waals surface area contributed by atoms with Crippen molar-refractivity contribution in [2.24, 2.45) is 0 Å². The molecule has 1 heterocycles. The van der Waals surface area contributed by atoms with Crippen LogP contribution in [0.4, 0.5) is 11.4 Å². The summed E-state index contributed by atoms with van der Waals surface area (Å²) in [5.74, 6) is -0.133. The molecule has 0 aliphatic rings. The van der Waals surface area contributed by atoms with Crippen molar-refractivity contribution in [3.05, 3.63) is 81.7 Å². The number of nitrogens with one attached hydrogen (secondary N) is 1. The van der Waals surface area contributed by atoms with Crippen LogP contribution < -0.4 is 5.32 Å². The maximum Gasteiger partial charge on any atom is 0.269 e. The molecule has 0 saturated carbocycles. The highest BCUT2D eigenvalue weighted by Crippen LogP contribution is 2.17. The molecule has 2 aromatic carbocycles. The number of benzene rings is 2. The lowest BCUT2D eigenvalue weighted by Gasteiger charge is -2.07. The molecule has 0 saturated heterocycles. The molecule has 0 bridgehead atoms. The number of nitro benzene ring substituents is 1. The highest BCUT2D eigenvalue weighted by Gasteiger charge is 2.08. The van der Waals surface area contributed by atoms with Crippen molar-refractivity contribution in [2.75, 3.05) is 5.32 Å². The van der Waals surface area contributed by atoms with E-state index in [0.717, 1.165) is 22.6 Å². The number of aromatic nitrogens is 2. The Kier molecular flexibility index (Phi) is 5.30. The van der Waals surface area contributed by atoms with Crippen LogP contribution in [0.1, 0.15) is 23.4 Å². The number of hydrogen-bond acceptors (Lipinski definition) is 4. The summed E-state index contributed by atoms with van der Waals surface area (Å²) in [5.41, 5.74) is 4.63. The molecule has 1 aromatic heterocycles. The zero-order valence-electron chi connectivity index (χ0n) is 15.2. The van der Waals surface area contributed by atoms with E-state index in [1.165, 1.54) is 24.3 Å². The van der Waals surface area contributed by atoms with Gasteiger partial charge in [0.05, 0.1) is 16.3 Å². The number of anilines is 1. The fourth-order valence-corrected chi connectivity index (χ4v) is 2.84. The number of carbonyl (C=O) groups excluding carboxylic acids is 1. The van der Waals surface area contributed by atoms with E-state index in [0.29, 0.717) is 18.5 Å². The van der Waals surface area contributed by atoms with E-state index in [2.05, 4.69) is 10.4 Å². The van der Waals surface area contributed by atoms with Gasteiger partial charge in [0.15, 0.2) is 0 Å². The summed E-state index contributed by atoms with van der Waals surface area (Å²) in [4.78, 5) is 22.3. The minimum absolute atomic E-state index is 0.00398. The van der Waals surface area contributed by atoms with Gasteiger partial charge in [0.1, 0.15) is 0 Å². The summed E-state index contributed by atoms with van der Waals surface area (Å²) in [5, 5.41) is 17.8. The van der Waals surface area contributed by atoms with Gasteiger partial charge in [-0.2, -0.15) is 5.10 Å². The first-order valence-electron chi connectivity index (χ1n) is 8.59. The monoisotopic (exact) mass is 364 g/mol. The molecule has 0 unspecified atom stereocenters. The molecule has 7 nitrogen and oxygen atoms in total. The van der Waals surface area contributed by atoms with Crippen LogP contribution >= 0.6 is 0 Å². The van der Waals surface area contributed by atoms with Crippen LogP contribution in [-0.2, 0) is 11.2 Å². The highest BCUT2D eigenvalue weighted by molar-refractivity contribution is 5.90. The molecule has 138 valence electrons. The Balaban J connectivity index is 1.55. The maximum absolute atomic E-state index is 12.1. The Morgan fingerprint density at radius 2 is 1.78 bits per heavy atom. The van der Waals surface area contributed by atoms with Crippen molar-refractivity contribution < 1.29 is 9.72 Å². The Morgan fingerprint density at radius 3 is 2.33 bits per heavy atom. The van der Waals surface area contributed by atoms with Gasteiger partial charge in [0.2, 0.25) is 5.91 Å². The predicted octanol–water partition coefficient (Wildman–Crippen LogP) is 3.97. The fourth-order valence-electron chi connectivity index (χ4n) is 2.84. The van der Waals surface area contributed by atoms with Crippen LogP contribution in [0.15, 0.2) is 54.6 Å². The first-order chi connectivity index (χ1) is 12.9. The van der Waals surface area contributed by atoms with Crippen LogP contribution in [0, 0.1) is 24.0 Å². The average molecular weight is 364 g/mol. The van der Waals surface area contributed by atoms with E-state index < -0.39 is 4.92 Å². The summed E-state index contributed by atoms with van der Waals surface area (Å²) in [7, 11) is 0. The SMILES string of the molecule is Cc1cc(C)n(-c2ccc(CCC(=O)Nc3ccc([N+](=O)[O-])cc3)cc2)n1. The van der Waals surface area contributed by atoms with Gasteiger partial charge in [0.25, 0.3) is 5.69 Å². The highest BCUT2D eigenvalue weighted by atomic mass is 16.6. The lowest BCUT2D eigenvalue weighted by molar-refractivity contribution is -0.384. The third kappa shape index (κ3) is 4.58. The van der Waals surface area contributed by atoms with E-state index >= 15 is 0 Å². The second-order valence-electron chi connectivity index (χ2n) is 6.36. The molecule has 27 heavy (non-hydrogen) atoms. The van der Waals surface area contributed by atoms with Crippen LogP contribution in [0.25, 0.3) is 5.69 Å². The van der Waals surface area contributed by atoms with Crippen molar-refractivity contribution in [2.45, 2.75) is 26.7 Å². The minimum Gasteiger partial charge on any atom is -0.326 e. The van der Waals surface area contributed by atoms with Gasteiger partial charge in [-0.3, -0.25) is 14.9 Å². The van der Waals surface area contributed by atoms with Crippen LogP contribution in [0.3, 0.4) is 0 Å². The molecule has 3 rings (SSSR count). The van der Waals surface area contributed by atoms with Crippen molar-refractivity contribution in [3.63, 3.8) is 0 Å². The molecule has 1 N–H and O–H groups in total. The van der Waals surface area contributed by atoms with Crippen molar-refractivity contribution in [1.29, 1.82) is 0 Å². The van der Waals surface area contributed by atoms with Gasteiger partial charge in [-0.25, -0.2) is 4.68 Å². The number of carbonyl (C=O) groups is 1. The van der Waals surface area contributed by atoms with Gasteiger partial charge in [0, 0.05) is 29.9 Å². The summed E-state index contributed by atoms with van der Waals surface area (Å²) < 4.78 is 1.89. The third-order valence-corrected chi connectivity index (χ3v) is 4.19. The zero-order valence-corrected chi connectivity index (χ0v) is 15.2.